The van der Waals surface area contributed by atoms with E-state index in [0.717, 1.165) is 13.0 Å². The van der Waals surface area contributed by atoms with Crippen LogP contribution in [0.1, 0.15) is 26.7 Å². The van der Waals surface area contributed by atoms with Crippen LogP contribution < -0.4 is 5.32 Å². The van der Waals surface area contributed by atoms with E-state index in [4.69, 9.17) is 4.74 Å². The SMILES string of the molecule is CNCCCC(=O)OC(C)C. The lowest BCUT2D eigenvalue weighted by atomic mass is 10.3. The predicted molar refractivity (Wildman–Crippen MR) is 44.4 cm³/mol. The maximum atomic E-state index is 10.9. The average Bonchev–Trinajstić information content (AvgIpc) is 1.86. The highest BCUT2D eigenvalue weighted by atomic mass is 16.5. The summed E-state index contributed by atoms with van der Waals surface area (Å²) in [4.78, 5) is 10.9. The molecule has 0 unspecified atom stereocenters. The van der Waals surface area contributed by atoms with Crippen molar-refractivity contribution in [3.05, 3.63) is 0 Å². The Kier molecular flexibility index (Phi) is 5.84. The van der Waals surface area contributed by atoms with Gasteiger partial charge in [-0.3, -0.25) is 4.79 Å². The largest absolute Gasteiger partial charge is 0.463 e. The molecule has 3 heteroatoms. The van der Waals surface area contributed by atoms with Crippen LogP contribution >= 0.6 is 0 Å². The molecule has 0 aliphatic carbocycles. The summed E-state index contributed by atoms with van der Waals surface area (Å²) in [6.07, 6.45) is 1.37. The quantitative estimate of drug-likeness (QED) is 0.479. The number of carbonyl (C=O) groups excluding carboxylic acids is 1. The van der Waals surface area contributed by atoms with Crippen LogP contribution in [0.2, 0.25) is 0 Å². The molecule has 0 aliphatic heterocycles. The zero-order chi connectivity index (χ0) is 8.69. The topological polar surface area (TPSA) is 38.3 Å². The van der Waals surface area contributed by atoms with Crippen LogP contribution in [-0.4, -0.2) is 25.7 Å². The van der Waals surface area contributed by atoms with E-state index in [1.807, 2.05) is 20.9 Å². The molecule has 0 aromatic carbocycles. The normalized spacial score (nSPS) is 10.2. The van der Waals surface area contributed by atoms with E-state index in [1.54, 1.807) is 0 Å². The van der Waals surface area contributed by atoms with Crippen molar-refractivity contribution in [3.63, 3.8) is 0 Å². The van der Waals surface area contributed by atoms with E-state index in [1.165, 1.54) is 0 Å². The zero-order valence-electron chi connectivity index (χ0n) is 7.52. The fourth-order valence-corrected chi connectivity index (χ4v) is 0.731. The van der Waals surface area contributed by atoms with Crippen molar-refractivity contribution < 1.29 is 9.53 Å². The second-order valence-electron chi connectivity index (χ2n) is 2.75. The van der Waals surface area contributed by atoms with E-state index >= 15 is 0 Å². The zero-order valence-corrected chi connectivity index (χ0v) is 7.52. The first kappa shape index (κ1) is 10.4. The van der Waals surface area contributed by atoms with Crippen molar-refractivity contribution in [3.8, 4) is 0 Å². The molecule has 0 atom stereocenters. The number of hydrogen-bond donors (Lipinski definition) is 1. The summed E-state index contributed by atoms with van der Waals surface area (Å²) < 4.78 is 4.93. The summed E-state index contributed by atoms with van der Waals surface area (Å²) in [6.45, 7) is 4.58. The molecule has 0 spiro atoms. The fourth-order valence-electron chi connectivity index (χ4n) is 0.731. The summed E-state index contributed by atoms with van der Waals surface area (Å²) in [7, 11) is 1.87. The molecule has 3 nitrogen and oxygen atoms in total. The Morgan fingerprint density at radius 3 is 2.64 bits per heavy atom. The van der Waals surface area contributed by atoms with Crippen molar-refractivity contribution in [2.75, 3.05) is 13.6 Å². The summed E-state index contributed by atoms with van der Waals surface area (Å²) in [5.74, 6) is -0.102. The number of rotatable bonds is 5. The van der Waals surface area contributed by atoms with Crippen LogP contribution in [0.3, 0.4) is 0 Å². The van der Waals surface area contributed by atoms with Crippen LogP contribution in [0.4, 0.5) is 0 Å². The Morgan fingerprint density at radius 2 is 2.18 bits per heavy atom. The summed E-state index contributed by atoms with van der Waals surface area (Å²) in [5, 5.41) is 2.97. The lowest BCUT2D eigenvalue weighted by molar-refractivity contribution is -0.147. The van der Waals surface area contributed by atoms with E-state index in [-0.39, 0.29) is 12.1 Å². The van der Waals surface area contributed by atoms with E-state index in [9.17, 15) is 4.79 Å². The van der Waals surface area contributed by atoms with E-state index in [2.05, 4.69) is 5.32 Å². The van der Waals surface area contributed by atoms with Gasteiger partial charge in [0.25, 0.3) is 0 Å². The number of hydrogen-bond acceptors (Lipinski definition) is 3. The second kappa shape index (κ2) is 6.16. The minimum Gasteiger partial charge on any atom is -0.463 e. The van der Waals surface area contributed by atoms with Crippen LogP contribution in [0.15, 0.2) is 0 Å². The maximum absolute atomic E-state index is 10.9. The molecule has 0 rings (SSSR count). The van der Waals surface area contributed by atoms with Crippen molar-refractivity contribution in [2.45, 2.75) is 32.8 Å². The fraction of sp³-hybridized carbons (Fsp3) is 0.875. The van der Waals surface area contributed by atoms with Gasteiger partial charge in [-0.25, -0.2) is 0 Å². The molecular formula is C8H17NO2. The van der Waals surface area contributed by atoms with Crippen LogP contribution in [-0.2, 0) is 9.53 Å². The minimum absolute atomic E-state index is 0.0112. The van der Waals surface area contributed by atoms with Crippen LogP contribution in [0, 0.1) is 0 Å². The van der Waals surface area contributed by atoms with Gasteiger partial charge < -0.3 is 10.1 Å². The molecule has 0 amide bonds. The Bertz CT molecular complexity index is 113. The molecule has 0 heterocycles. The molecule has 0 aromatic heterocycles. The molecule has 1 N–H and O–H groups in total. The van der Waals surface area contributed by atoms with Gasteiger partial charge in [-0.05, 0) is 33.9 Å². The first-order chi connectivity index (χ1) is 5.16. The Hall–Kier alpha value is -0.570. The van der Waals surface area contributed by atoms with Gasteiger partial charge in [0.2, 0.25) is 0 Å². The maximum Gasteiger partial charge on any atom is 0.306 e. The molecule has 66 valence electrons. The summed E-state index contributed by atoms with van der Waals surface area (Å²) in [5.41, 5.74) is 0. The van der Waals surface area contributed by atoms with Gasteiger partial charge in [0.1, 0.15) is 0 Å². The molecule has 0 saturated heterocycles. The third kappa shape index (κ3) is 7.33. The van der Waals surface area contributed by atoms with Gasteiger partial charge >= 0.3 is 5.97 Å². The van der Waals surface area contributed by atoms with Gasteiger partial charge in [0.05, 0.1) is 6.10 Å². The van der Waals surface area contributed by atoms with Gasteiger partial charge in [-0.1, -0.05) is 0 Å². The van der Waals surface area contributed by atoms with Gasteiger partial charge in [-0.15, -0.1) is 0 Å². The molecule has 0 fully saturated rings. The third-order valence-electron chi connectivity index (χ3n) is 1.17. The van der Waals surface area contributed by atoms with E-state index in [0.29, 0.717) is 6.42 Å². The highest BCUT2D eigenvalue weighted by Gasteiger charge is 2.03. The Morgan fingerprint density at radius 1 is 1.55 bits per heavy atom. The standard InChI is InChI=1S/C8H17NO2/c1-7(2)11-8(10)5-4-6-9-3/h7,9H,4-6H2,1-3H3. The van der Waals surface area contributed by atoms with E-state index < -0.39 is 0 Å². The van der Waals surface area contributed by atoms with Crippen molar-refractivity contribution >= 4 is 5.97 Å². The smallest absolute Gasteiger partial charge is 0.306 e. The monoisotopic (exact) mass is 159 g/mol. The molecule has 0 bridgehead atoms. The predicted octanol–water partition coefficient (Wildman–Crippen LogP) is 0.938. The lowest BCUT2D eigenvalue weighted by Crippen LogP contribution is -2.14. The molecule has 11 heavy (non-hydrogen) atoms. The number of ether oxygens (including phenoxy) is 1. The van der Waals surface area contributed by atoms with Gasteiger partial charge in [0.15, 0.2) is 0 Å². The van der Waals surface area contributed by atoms with Crippen molar-refractivity contribution in [1.29, 1.82) is 0 Å². The number of esters is 1. The molecule has 0 radical (unpaired) electrons. The Balaban J connectivity index is 3.23. The number of nitrogens with one attached hydrogen (secondary N) is 1. The average molecular weight is 159 g/mol. The second-order valence-corrected chi connectivity index (χ2v) is 2.75. The van der Waals surface area contributed by atoms with Gasteiger partial charge in [-0.2, -0.15) is 0 Å². The molecular weight excluding hydrogens is 142 g/mol. The summed E-state index contributed by atoms with van der Waals surface area (Å²) >= 11 is 0. The van der Waals surface area contributed by atoms with Crippen LogP contribution in [0.25, 0.3) is 0 Å². The molecule has 0 saturated carbocycles. The van der Waals surface area contributed by atoms with Crippen LogP contribution in [0.5, 0.6) is 0 Å². The Labute approximate surface area is 68.1 Å². The first-order valence-corrected chi connectivity index (χ1v) is 4.01. The lowest BCUT2D eigenvalue weighted by Gasteiger charge is -2.06. The third-order valence-corrected chi connectivity index (χ3v) is 1.17. The van der Waals surface area contributed by atoms with Gasteiger partial charge in [0, 0.05) is 6.42 Å². The highest BCUT2D eigenvalue weighted by Crippen LogP contribution is 1.95. The van der Waals surface area contributed by atoms with Crippen molar-refractivity contribution in [2.24, 2.45) is 0 Å². The number of carbonyl (C=O) groups is 1. The van der Waals surface area contributed by atoms with Crippen molar-refractivity contribution in [1.82, 2.24) is 5.32 Å². The highest BCUT2D eigenvalue weighted by molar-refractivity contribution is 5.69. The summed E-state index contributed by atoms with van der Waals surface area (Å²) in [6, 6.07) is 0. The molecule has 0 aromatic rings. The minimum atomic E-state index is -0.102. The first-order valence-electron chi connectivity index (χ1n) is 4.01. The molecule has 0 aliphatic rings.